The van der Waals surface area contributed by atoms with E-state index in [1.807, 2.05) is 0 Å². The first-order chi connectivity index (χ1) is 18.0. The molecule has 4 rings (SSSR count). The van der Waals surface area contributed by atoms with Gasteiger partial charge in [0.1, 0.15) is 17.7 Å². The summed E-state index contributed by atoms with van der Waals surface area (Å²) in [6.07, 6.45) is -1.69. The number of carbonyl (C=O) groups excluding carboxylic acids is 3. The van der Waals surface area contributed by atoms with E-state index in [0.717, 1.165) is 12.1 Å². The monoisotopic (exact) mass is 558 g/mol. The van der Waals surface area contributed by atoms with Crippen molar-refractivity contribution in [2.24, 2.45) is 4.99 Å². The third-order valence-electron chi connectivity index (χ3n) is 5.86. The highest BCUT2D eigenvalue weighted by molar-refractivity contribution is 6.37. The van der Waals surface area contributed by atoms with E-state index in [9.17, 15) is 23.2 Å². The van der Waals surface area contributed by atoms with Crippen molar-refractivity contribution in [1.29, 1.82) is 0 Å². The lowest BCUT2D eigenvalue weighted by atomic mass is 10.00. The molecule has 0 aromatic heterocycles. The molecule has 0 aliphatic carbocycles. The number of fused-ring (bicyclic) bond motifs is 1. The quantitative estimate of drug-likeness (QED) is 0.473. The van der Waals surface area contributed by atoms with Crippen LogP contribution in [0.25, 0.3) is 0 Å². The second kappa shape index (κ2) is 11.3. The summed E-state index contributed by atoms with van der Waals surface area (Å²) in [4.78, 5) is 44.6. The Bertz CT molecular complexity index is 1440. The fraction of sp³-hybridized carbons (Fsp3) is 0.185. The van der Waals surface area contributed by atoms with Gasteiger partial charge in [-0.05, 0) is 48.9 Å². The van der Waals surface area contributed by atoms with E-state index >= 15 is 0 Å². The van der Waals surface area contributed by atoms with Gasteiger partial charge in [0.25, 0.3) is 5.91 Å². The van der Waals surface area contributed by atoms with Gasteiger partial charge in [-0.15, -0.1) is 0 Å². The van der Waals surface area contributed by atoms with Crippen LogP contribution < -0.4 is 15.5 Å². The van der Waals surface area contributed by atoms with Gasteiger partial charge in [-0.3, -0.25) is 14.4 Å². The van der Waals surface area contributed by atoms with E-state index in [1.165, 1.54) is 11.8 Å². The van der Waals surface area contributed by atoms with Crippen LogP contribution in [-0.2, 0) is 20.8 Å². The molecule has 11 heteroatoms. The Morgan fingerprint density at radius 1 is 1.03 bits per heavy atom. The van der Waals surface area contributed by atoms with Crippen LogP contribution in [0.1, 0.15) is 23.6 Å². The SMILES string of the molecule is C[C@H](NC(=O)Cc1cc(F)cc(F)c1)C(=O)N[C@H]1N=C(c2ccccc2Cl)c2cc(Cl)ccc2N(C)C1=O. The smallest absolute Gasteiger partial charge is 0.272 e. The molecule has 0 radical (unpaired) electrons. The Balaban J connectivity index is 1.58. The first-order valence-electron chi connectivity index (χ1n) is 11.5. The van der Waals surface area contributed by atoms with Gasteiger partial charge in [-0.25, -0.2) is 13.8 Å². The average molecular weight is 559 g/mol. The molecule has 2 N–H and O–H groups in total. The van der Waals surface area contributed by atoms with Crippen LogP contribution in [0, 0.1) is 11.6 Å². The fourth-order valence-corrected chi connectivity index (χ4v) is 4.42. The van der Waals surface area contributed by atoms with Crippen LogP contribution in [0.2, 0.25) is 10.0 Å². The van der Waals surface area contributed by atoms with Gasteiger partial charge in [-0.2, -0.15) is 0 Å². The molecule has 0 saturated carbocycles. The Morgan fingerprint density at radius 2 is 1.71 bits per heavy atom. The van der Waals surface area contributed by atoms with Gasteiger partial charge in [-0.1, -0.05) is 41.4 Å². The number of halogens is 4. The molecule has 0 bridgehead atoms. The molecule has 1 heterocycles. The van der Waals surface area contributed by atoms with E-state index < -0.39 is 41.6 Å². The summed E-state index contributed by atoms with van der Waals surface area (Å²) >= 11 is 12.7. The zero-order valence-electron chi connectivity index (χ0n) is 20.3. The first-order valence-corrected chi connectivity index (χ1v) is 12.2. The Hall–Kier alpha value is -3.82. The molecular weight excluding hydrogens is 537 g/mol. The van der Waals surface area contributed by atoms with Crippen LogP contribution in [0.4, 0.5) is 14.5 Å². The zero-order chi connectivity index (χ0) is 27.6. The van der Waals surface area contributed by atoms with Crippen LogP contribution in [0.15, 0.2) is 65.7 Å². The minimum Gasteiger partial charge on any atom is -0.344 e. The second-order valence-electron chi connectivity index (χ2n) is 8.67. The highest BCUT2D eigenvalue weighted by Gasteiger charge is 2.33. The van der Waals surface area contributed by atoms with Gasteiger partial charge in [0, 0.05) is 34.3 Å². The van der Waals surface area contributed by atoms with E-state index in [1.54, 1.807) is 49.5 Å². The molecule has 0 saturated heterocycles. The molecular formula is C27H22Cl2F2N4O3. The van der Waals surface area contributed by atoms with Gasteiger partial charge in [0.15, 0.2) is 0 Å². The summed E-state index contributed by atoms with van der Waals surface area (Å²) in [6, 6.07) is 13.6. The lowest BCUT2D eigenvalue weighted by Crippen LogP contribution is -2.52. The van der Waals surface area contributed by atoms with Crippen molar-refractivity contribution in [1.82, 2.24) is 10.6 Å². The van der Waals surface area contributed by atoms with E-state index in [0.29, 0.717) is 38.6 Å². The van der Waals surface area contributed by atoms with Gasteiger partial charge < -0.3 is 15.5 Å². The molecule has 38 heavy (non-hydrogen) atoms. The third-order valence-corrected chi connectivity index (χ3v) is 6.43. The maximum Gasteiger partial charge on any atom is 0.272 e. The molecule has 0 spiro atoms. The number of nitrogens with zero attached hydrogens (tertiary/aromatic N) is 2. The number of amides is 3. The lowest BCUT2D eigenvalue weighted by Gasteiger charge is -2.22. The molecule has 0 unspecified atom stereocenters. The normalized spacial score (nSPS) is 15.7. The number of hydrogen-bond donors (Lipinski definition) is 2. The van der Waals surface area contributed by atoms with Gasteiger partial charge in [0.05, 0.1) is 17.8 Å². The summed E-state index contributed by atoms with van der Waals surface area (Å²) in [5.41, 5.74) is 2.04. The van der Waals surface area contributed by atoms with Crippen LogP contribution >= 0.6 is 23.2 Å². The summed E-state index contributed by atoms with van der Waals surface area (Å²) in [6.45, 7) is 1.41. The van der Waals surface area contributed by atoms with Crippen molar-refractivity contribution < 1.29 is 23.2 Å². The second-order valence-corrected chi connectivity index (χ2v) is 9.51. The van der Waals surface area contributed by atoms with Crippen molar-refractivity contribution in [3.05, 3.63) is 99.0 Å². The zero-order valence-corrected chi connectivity index (χ0v) is 21.8. The number of carbonyl (C=O) groups is 3. The predicted molar refractivity (Wildman–Crippen MR) is 142 cm³/mol. The molecule has 1 aliphatic heterocycles. The molecule has 0 fully saturated rings. The number of benzene rings is 3. The van der Waals surface area contributed by atoms with Gasteiger partial charge >= 0.3 is 0 Å². The van der Waals surface area contributed by atoms with Gasteiger partial charge in [0.2, 0.25) is 18.0 Å². The number of hydrogen-bond acceptors (Lipinski definition) is 4. The standard InChI is InChI=1S/C27H22Cl2F2N4O3/c1-14(32-23(36)11-15-9-17(30)13-18(31)10-15)26(37)34-25-27(38)35(2)22-8-7-16(28)12-20(22)24(33-25)19-5-3-4-6-21(19)29/h3-10,12-14,25H,11H2,1-2H3,(H,32,36)(H,34,37)/t14-,25+/m0/s1. The molecule has 2 atom stereocenters. The van der Waals surface area contributed by atoms with Crippen molar-refractivity contribution in [3.63, 3.8) is 0 Å². The number of benzodiazepines with no additional fused rings is 1. The van der Waals surface area contributed by atoms with Crippen molar-refractivity contribution in [3.8, 4) is 0 Å². The number of nitrogens with one attached hydrogen (secondary N) is 2. The summed E-state index contributed by atoms with van der Waals surface area (Å²) in [5.74, 6) is -3.49. The highest BCUT2D eigenvalue weighted by Crippen LogP contribution is 2.31. The third kappa shape index (κ3) is 6.00. The topological polar surface area (TPSA) is 90.9 Å². The Kier molecular flexibility index (Phi) is 8.08. The fourth-order valence-electron chi connectivity index (χ4n) is 4.02. The molecule has 1 aliphatic rings. The van der Waals surface area contributed by atoms with Crippen LogP contribution in [0.3, 0.4) is 0 Å². The van der Waals surface area contributed by atoms with E-state index in [-0.39, 0.29) is 12.0 Å². The first kappa shape index (κ1) is 27.2. The van der Waals surface area contributed by atoms with Crippen LogP contribution in [0.5, 0.6) is 0 Å². The maximum absolute atomic E-state index is 13.4. The summed E-state index contributed by atoms with van der Waals surface area (Å²) in [5, 5.41) is 5.83. The summed E-state index contributed by atoms with van der Waals surface area (Å²) < 4.78 is 26.9. The Labute approximate surface area is 227 Å². The molecule has 3 aromatic carbocycles. The molecule has 3 aromatic rings. The highest BCUT2D eigenvalue weighted by atomic mass is 35.5. The molecule has 3 amide bonds. The van der Waals surface area contributed by atoms with Crippen LogP contribution in [-0.4, -0.2) is 42.7 Å². The maximum atomic E-state index is 13.4. The molecule has 7 nitrogen and oxygen atoms in total. The number of anilines is 1. The van der Waals surface area contributed by atoms with E-state index in [2.05, 4.69) is 15.6 Å². The molecule has 196 valence electrons. The number of likely N-dealkylation sites (N-methyl/N-ethyl adjacent to an activating group) is 1. The number of rotatable bonds is 6. The summed E-state index contributed by atoms with van der Waals surface area (Å²) in [7, 11) is 1.54. The lowest BCUT2D eigenvalue weighted by molar-refractivity contribution is -0.130. The predicted octanol–water partition coefficient (Wildman–Crippen LogP) is 4.28. The van der Waals surface area contributed by atoms with Crippen molar-refractivity contribution in [2.45, 2.75) is 25.6 Å². The van der Waals surface area contributed by atoms with Crippen molar-refractivity contribution >= 4 is 52.3 Å². The average Bonchev–Trinajstić information content (AvgIpc) is 2.94. The Morgan fingerprint density at radius 3 is 2.39 bits per heavy atom. The number of aliphatic imine (C=N–C) groups is 1. The van der Waals surface area contributed by atoms with E-state index in [4.69, 9.17) is 23.2 Å². The minimum absolute atomic E-state index is 0.110. The largest absolute Gasteiger partial charge is 0.344 e. The minimum atomic E-state index is -1.35. The van der Waals surface area contributed by atoms with Crippen molar-refractivity contribution in [2.75, 3.05) is 11.9 Å².